The van der Waals surface area contributed by atoms with Gasteiger partial charge in [-0.25, -0.2) is 9.97 Å². The highest BCUT2D eigenvalue weighted by Crippen LogP contribution is 2.28. The molecule has 0 saturated heterocycles. The third-order valence-electron chi connectivity index (χ3n) is 3.17. The van der Waals surface area contributed by atoms with E-state index < -0.39 is 0 Å². The molecule has 3 aromatic rings. The van der Waals surface area contributed by atoms with E-state index in [9.17, 15) is 0 Å². The minimum absolute atomic E-state index is 0.579. The molecule has 0 spiro atoms. The molecular weight excluding hydrogens is 246 g/mol. The summed E-state index contributed by atoms with van der Waals surface area (Å²) in [5, 5.41) is 1.53. The van der Waals surface area contributed by atoms with Crippen molar-refractivity contribution in [2.75, 3.05) is 0 Å². The molecule has 18 heavy (non-hydrogen) atoms. The van der Waals surface area contributed by atoms with Gasteiger partial charge in [-0.05, 0) is 37.1 Å². The second kappa shape index (κ2) is 4.10. The van der Waals surface area contributed by atoms with Crippen LogP contribution in [-0.2, 0) is 0 Å². The monoisotopic (exact) mass is 257 g/mol. The fourth-order valence-electron chi connectivity index (χ4n) is 2.03. The Balaban J connectivity index is 2.27. The van der Waals surface area contributed by atoms with Gasteiger partial charge in [0.15, 0.2) is 0 Å². The van der Waals surface area contributed by atoms with Crippen molar-refractivity contribution in [2.45, 2.75) is 13.8 Å². The van der Waals surface area contributed by atoms with E-state index in [4.69, 9.17) is 11.6 Å². The van der Waals surface area contributed by atoms with Gasteiger partial charge in [0.2, 0.25) is 0 Å². The third-order valence-corrected chi connectivity index (χ3v) is 3.38. The highest BCUT2D eigenvalue weighted by molar-refractivity contribution is 6.30. The van der Waals surface area contributed by atoms with E-state index in [2.05, 4.69) is 47.0 Å². The summed E-state index contributed by atoms with van der Waals surface area (Å²) < 4.78 is 0. The van der Waals surface area contributed by atoms with Crippen LogP contribution in [0.5, 0.6) is 0 Å². The molecule has 90 valence electrons. The smallest absolute Gasteiger partial charge is 0.142 e. The number of benzene rings is 1. The van der Waals surface area contributed by atoms with Crippen molar-refractivity contribution in [3.63, 3.8) is 0 Å². The van der Waals surface area contributed by atoms with Gasteiger partial charge >= 0.3 is 0 Å². The van der Waals surface area contributed by atoms with E-state index in [1.165, 1.54) is 11.1 Å². The molecule has 0 aliphatic carbocycles. The standard InChI is InChI=1S/C14H12ClN3/c1-8-3-4-10(5-9(8)2)13-11-6-12(15)18-14(11)17-7-16-13/h3-7H,1-2H3,(H,16,17,18). The molecule has 0 amide bonds. The summed E-state index contributed by atoms with van der Waals surface area (Å²) in [6, 6.07) is 8.18. The van der Waals surface area contributed by atoms with Crippen molar-refractivity contribution in [2.24, 2.45) is 0 Å². The Morgan fingerprint density at radius 2 is 1.89 bits per heavy atom. The number of aromatic amines is 1. The van der Waals surface area contributed by atoms with Gasteiger partial charge in [-0.2, -0.15) is 0 Å². The van der Waals surface area contributed by atoms with E-state index in [0.29, 0.717) is 5.15 Å². The number of halogens is 1. The van der Waals surface area contributed by atoms with Gasteiger partial charge in [0.25, 0.3) is 0 Å². The maximum atomic E-state index is 5.98. The molecule has 0 fully saturated rings. The number of aromatic nitrogens is 3. The van der Waals surface area contributed by atoms with Gasteiger partial charge in [-0.3, -0.25) is 0 Å². The minimum Gasteiger partial charge on any atom is -0.330 e. The topological polar surface area (TPSA) is 41.6 Å². The molecule has 0 bridgehead atoms. The molecule has 2 aromatic heterocycles. The molecule has 0 atom stereocenters. The van der Waals surface area contributed by atoms with Crippen LogP contribution in [0.15, 0.2) is 30.6 Å². The fraction of sp³-hybridized carbons (Fsp3) is 0.143. The van der Waals surface area contributed by atoms with Crippen LogP contribution in [0, 0.1) is 13.8 Å². The molecule has 0 aliphatic rings. The minimum atomic E-state index is 0.579. The lowest BCUT2D eigenvalue weighted by Gasteiger charge is -2.05. The molecule has 0 saturated carbocycles. The van der Waals surface area contributed by atoms with Crippen molar-refractivity contribution in [1.82, 2.24) is 15.0 Å². The van der Waals surface area contributed by atoms with Crippen LogP contribution in [0.3, 0.4) is 0 Å². The molecule has 0 aliphatic heterocycles. The van der Waals surface area contributed by atoms with E-state index in [-0.39, 0.29) is 0 Å². The second-order valence-corrected chi connectivity index (χ2v) is 4.81. The molecule has 0 radical (unpaired) electrons. The Kier molecular flexibility index (Phi) is 2.56. The fourth-order valence-corrected chi connectivity index (χ4v) is 2.23. The summed E-state index contributed by atoms with van der Waals surface area (Å²) in [5.41, 5.74) is 5.28. The number of nitrogens with one attached hydrogen (secondary N) is 1. The third kappa shape index (κ3) is 1.77. The van der Waals surface area contributed by atoms with Gasteiger partial charge in [0.05, 0.1) is 5.69 Å². The molecule has 3 rings (SSSR count). The Morgan fingerprint density at radius 3 is 2.67 bits per heavy atom. The maximum absolute atomic E-state index is 5.98. The predicted octanol–water partition coefficient (Wildman–Crippen LogP) is 3.90. The highest BCUT2D eigenvalue weighted by Gasteiger charge is 2.09. The number of hydrogen-bond donors (Lipinski definition) is 1. The lowest BCUT2D eigenvalue weighted by Crippen LogP contribution is -1.89. The van der Waals surface area contributed by atoms with E-state index >= 15 is 0 Å². The summed E-state index contributed by atoms with van der Waals surface area (Å²) in [4.78, 5) is 11.6. The molecule has 0 unspecified atom stereocenters. The summed E-state index contributed by atoms with van der Waals surface area (Å²) in [7, 11) is 0. The van der Waals surface area contributed by atoms with Crippen LogP contribution in [0.4, 0.5) is 0 Å². The zero-order valence-corrected chi connectivity index (χ0v) is 10.9. The van der Waals surface area contributed by atoms with Crippen molar-refractivity contribution >= 4 is 22.6 Å². The molecule has 1 aromatic carbocycles. The first-order valence-corrected chi connectivity index (χ1v) is 6.10. The van der Waals surface area contributed by atoms with E-state index in [0.717, 1.165) is 22.3 Å². The van der Waals surface area contributed by atoms with Crippen LogP contribution in [0.1, 0.15) is 11.1 Å². The predicted molar refractivity (Wildman–Crippen MR) is 73.8 cm³/mol. The number of rotatable bonds is 1. The maximum Gasteiger partial charge on any atom is 0.142 e. The zero-order chi connectivity index (χ0) is 12.7. The van der Waals surface area contributed by atoms with E-state index in [1.54, 1.807) is 6.33 Å². The van der Waals surface area contributed by atoms with Gasteiger partial charge in [0.1, 0.15) is 17.1 Å². The molecule has 3 nitrogen and oxygen atoms in total. The largest absolute Gasteiger partial charge is 0.330 e. The molecule has 1 N–H and O–H groups in total. The molecule has 2 heterocycles. The molecular formula is C14H12ClN3. The lowest BCUT2D eigenvalue weighted by atomic mass is 10.0. The van der Waals surface area contributed by atoms with Gasteiger partial charge < -0.3 is 4.98 Å². The first-order chi connectivity index (χ1) is 8.65. The van der Waals surface area contributed by atoms with Gasteiger partial charge in [-0.1, -0.05) is 23.7 Å². The number of H-pyrrole nitrogens is 1. The summed E-state index contributed by atoms with van der Waals surface area (Å²) in [6.45, 7) is 4.20. The highest BCUT2D eigenvalue weighted by atomic mass is 35.5. The second-order valence-electron chi connectivity index (χ2n) is 4.40. The average Bonchev–Trinajstić information content (AvgIpc) is 2.72. The van der Waals surface area contributed by atoms with E-state index in [1.807, 2.05) is 6.07 Å². The summed E-state index contributed by atoms with van der Waals surface area (Å²) in [5.74, 6) is 0. The van der Waals surface area contributed by atoms with Crippen LogP contribution in [-0.4, -0.2) is 15.0 Å². The van der Waals surface area contributed by atoms with Gasteiger partial charge in [0, 0.05) is 10.9 Å². The quantitative estimate of drug-likeness (QED) is 0.718. The average molecular weight is 258 g/mol. The lowest BCUT2D eigenvalue weighted by molar-refractivity contribution is 1.20. The summed E-state index contributed by atoms with van der Waals surface area (Å²) in [6.07, 6.45) is 1.56. The van der Waals surface area contributed by atoms with Crippen molar-refractivity contribution in [3.05, 3.63) is 46.9 Å². The van der Waals surface area contributed by atoms with Crippen LogP contribution in [0.2, 0.25) is 5.15 Å². The normalized spacial score (nSPS) is 11.1. The Hall–Kier alpha value is -1.87. The van der Waals surface area contributed by atoms with Crippen LogP contribution < -0.4 is 0 Å². The number of aryl methyl sites for hydroxylation is 2. The number of hydrogen-bond acceptors (Lipinski definition) is 2. The van der Waals surface area contributed by atoms with Crippen LogP contribution in [0.25, 0.3) is 22.3 Å². The Labute approximate surface area is 110 Å². The van der Waals surface area contributed by atoms with Gasteiger partial charge in [-0.15, -0.1) is 0 Å². The van der Waals surface area contributed by atoms with Crippen molar-refractivity contribution in [3.8, 4) is 11.3 Å². The van der Waals surface area contributed by atoms with Crippen molar-refractivity contribution in [1.29, 1.82) is 0 Å². The zero-order valence-electron chi connectivity index (χ0n) is 10.2. The Morgan fingerprint density at radius 1 is 1.06 bits per heavy atom. The van der Waals surface area contributed by atoms with Crippen LogP contribution >= 0.6 is 11.6 Å². The van der Waals surface area contributed by atoms with Crippen molar-refractivity contribution < 1.29 is 0 Å². The first kappa shape index (κ1) is 11.2. The summed E-state index contributed by atoms with van der Waals surface area (Å²) >= 11 is 5.98. The SMILES string of the molecule is Cc1ccc(-c2ncnc3[nH]c(Cl)cc23)cc1C. The number of fused-ring (bicyclic) bond motifs is 1. The molecule has 4 heteroatoms. The first-order valence-electron chi connectivity index (χ1n) is 5.72. The Bertz CT molecular complexity index is 731. The number of nitrogens with zero attached hydrogens (tertiary/aromatic N) is 2.